The molecule has 4 nitrogen and oxygen atoms in total. The van der Waals surface area contributed by atoms with E-state index in [9.17, 15) is 9.59 Å². The summed E-state index contributed by atoms with van der Waals surface area (Å²) >= 11 is 1.46. The highest BCUT2D eigenvalue weighted by atomic mass is 32.2. The molecule has 4 rings (SSSR count). The van der Waals surface area contributed by atoms with Gasteiger partial charge in [-0.05, 0) is 61.4 Å². The Kier molecular flexibility index (Phi) is 5.21. The van der Waals surface area contributed by atoms with Crippen LogP contribution in [-0.4, -0.2) is 17.1 Å². The van der Waals surface area contributed by atoms with Crippen molar-refractivity contribution >= 4 is 29.3 Å². The summed E-state index contributed by atoms with van der Waals surface area (Å²) in [6.07, 6.45) is 4.98. The molecule has 1 aliphatic heterocycles. The first kappa shape index (κ1) is 18.1. The van der Waals surface area contributed by atoms with E-state index < -0.39 is 5.25 Å². The van der Waals surface area contributed by atoms with Crippen molar-refractivity contribution in [1.29, 1.82) is 0 Å². The van der Waals surface area contributed by atoms with Crippen molar-refractivity contribution in [2.75, 3.05) is 5.32 Å². The minimum Gasteiger partial charge on any atom is -0.350 e. The molecule has 2 atom stereocenters. The van der Waals surface area contributed by atoms with E-state index in [1.165, 1.54) is 35.7 Å². The summed E-state index contributed by atoms with van der Waals surface area (Å²) in [4.78, 5) is 25.8. The van der Waals surface area contributed by atoms with Crippen LogP contribution in [0.3, 0.4) is 0 Å². The second kappa shape index (κ2) is 7.77. The van der Waals surface area contributed by atoms with Crippen LogP contribution in [0.1, 0.15) is 48.9 Å². The first-order chi connectivity index (χ1) is 13.1. The van der Waals surface area contributed by atoms with Crippen molar-refractivity contribution in [3.05, 3.63) is 59.2 Å². The van der Waals surface area contributed by atoms with Gasteiger partial charge < -0.3 is 10.6 Å². The second-order valence-electron chi connectivity index (χ2n) is 7.32. The van der Waals surface area contributed by atoms with Gasteiger partial charge in [0.15, 0.2) is 0 Å². The van der Waals surface area contributed by atoms with Gasteiger partial charge in [0.05, 0.1) is 17.0 Å². The lowest BCUT2D eigenvalue weighted by molar-refractivity contribution is -0.124. The van der Waals surface area contributed by atoms with Crippen molar-refractivity contribution in [2.24, 2.45) is 0 Å². The standard InChI is InChI=1S/C22H24N2O2S/c1-14(16-11-10-15-6-2-3-7-17(15)12-16)23-21(25)13-20-22(26)24-18-8-4-5-9-19(18)27-20/h4-5,8-12,14,20H,2-3,6-7,13H2,1H3,(H,23,25)(H,24,26)/t14-,20+/m1/s1. The number of carbonyl (C=O) groups excluding carboxylic acids is 2. The third kappa shape index (κ3) is 4.03. The van der Waals surface area contributed by atoms with Gasteiger partial charge >= 0.3 is 0 Å². The van der Waals surface area contributed by atoms with Gasteiger partial charge in [0.1, 0.15) is 0 Å². The van der Waals surface area contributed by atoms with Crippen molar-refractivity contribution < 1.29 is 9.59 Å². The van der Waals surface area contributed by atoms with Crippen LogP contribution >= 0.6 is 11.8 Å². The van der Waals surface area contributed by atoms with E-state index in [-0.39, 0.29) is 24.3 Å². The molecule has 140 valence electrons. The van der Waals surface area contributed by atoms with Gasteiger partial charge in [0.2, 0.25) is 11.8 Å². The smallest absolute Gasteiger partial charge is 0.238 e. The Hall–Kier alpha value is -2.27. The maximum Gasteiger partial charge on any atom is 0.238 e. The largest absolute Gasteiger partial charge is 0.350 e. The van der Waals surface area contributed by atoms with Crippen LogP contribution in [0.15, 0.2) is 47.4 Å². The molecule has 0 fully saturated rings. The van der Waals surface area contributed by atoms with Crippen molar-refractivity contribution in [3.8, 4) is 0 Å². The summed E-state index contributed by atoms with van der Waals surface area (Å²) in [5.74, 6) is -0.192. The summed E-state index contributed by atoms with van der Waals surface area (Å²) in [6.45, 7) is 2.01. The van der Waals surface area contributed by atoms with Gasteiger partial charge in [-0.25, -0.2) is 0 Å². The van der Waals surface area contributed by atoms with Crippen LogP contribution in [0.5, 0.6) is 0 Å². The van der Waals surface area contributed by atoms with Crippen LogP contribution in [0.25, 0.3) is 0 Å². The number of thioether (sulfide) groups is 1. The molecule has 0 bridgehead atoms. The Morgan fingerprint density at radius 2 is 1.96 bits per heavy atom. The fourth-order valence-electron chi connectivity index (χ4n) is 3.80. The van der Waals surface area contributed by atoms with E-state index in [1.807, 2.05) is 31.2 Å². The fraction of sp³-hybridized carbons (Fsp3) is 0.364. The molecule has 2 aromatic carbocycles. The van der Waals surface area contributed by atoms with Crippen LogP contribution in [0.2, 0.25) is 0 Å². The first-order valence-corrected chi connectivity index (χ1v) is 10.5. The third-order valence-electron chi connectivity index (χ3n) is 5.33. The number of aryl methyl sites for hydroxylation is 2. The maximum atomic E-state index is 12.5. The number of para-hydroxylation sites is 1. The predicted octanol–water partition coefficient (Wildman–Crippen LogP) is 4.25. The van der Waals surface area contributed by atoms with Crippen molar-refractivity contribution in [2.45, 2.75) is 55.2 Å². The SMILES string of the molecule is C[C@@H](NC(=O)C[C@@H]1Sc2ccccc2NC1=O)c1ccc2c(c1)CCCC2. The molecule has 2 aromatic rings. The lowest BCUT2D eigenvalue weighted by atomic mass is 9.89. The molecular formula is C22H24N2O2S. The highest BCUT2D eigenvalue weighted by molar-refractivity contribution is 8.01. The minimum atomic E-state index is -0.393. The number of carbonyl (C=O) groups is 2. The molecule has 1 aliphatic carbocycles. The zero-order valence-electron chi connectivity index (χ0n) is 15.5. The highest BCUT2D eigenvalue weighted by Gasteiger charge is 2.29. The van der Waals surface area contributed by atoms with Gasteiger partial charge in [-0.2, -0.15) is 0 Å². The average Bonchev–Trinajstić information content (AvgIpc) is 2.68. The monoisotopic (exact) mass is 380 g/mol. The molecule has 2 aliphatic rings. The van der Waals surface area contributed by atoms with Gasteiger partial charge in [0.25, 0.3) is 0 Å². The number of hydrogen-bond acceptors (Lipinski definition) is 3. The molecule has 2 N–H and O–H groups in total. The van der Waals surface area contributed by atoms with Crippen molar-refractivity contribution in [3.63, 3.8) is 0 Å². The maximum absolute atomic E-state index is 12.5. The number of benzene rings is 2. The number of rotatable bonds is 4. The van der Waals surface area contributed by atoms with Crippen LogP contribution in [0.4, 0.5) is 5.69 Å². The van der Waals surface area contributed by atoms with Gasteiger partial charge in [0, 0.05) is 11.3 Å². The fourth-order valence-corrected chi connectivity index (χ4v) is 4.91. The molecule has 1 heterocycles. The number of amides is 2. The van der Waals surface area contributed by atoms with E-state index in [0.717, 1.165) is 29.0 Å². The van der Waals surface area contributed by atoms with Crippen LogP contribution in [0, 0.1) is 0 Å². The summed E-state index contributed by atoms with van der Waals surface area (Å²) < 4.78 is 0. The zero-order valence-corrected chi connectivity index (χ0v) is 16.3. The summed E-state index contributed by atoms with van der Waals surface area (Å²) in [5.41, 5.74) is 4.82. The van der Waals surface area contributed by atoms with Gasteiger partial charge in [-0.1, -0.05) is 30.3 Å². The molecular weight excluding hydrogens is 356 g/mol. The normalized spacial score (nSPS) is 19.4. The summed E-state index contributed by atoms with van der Waals surface area (Å²) in [6, 6.07) is 14.2. The number of anilines is 1. The van der Waals surface area contributed by atoms with Crippen LogP contribution < -0.4 is 10.6 Å². The Bertz CT molecular complexity index is 880. The Morgan fingerprint density at radius 1 is 1.19 bits per heavy atom. The molecule has 2 amide bonds. The number of hydrogen-bond donors (Lipinski definition) is 2. The molecule has 27 heavy (non-hydrogen) atoms. The lowest BCUT2D eigenvalue weighted by Crippen LogP contribution is -2.35. The van der Waals surface area contributed by atoms with Gasteiger partial charge in [-0.15, -0.1) is 11.8 Å². The van der Waals surface area contributed by atoms with E-state index in [1.54, 1.807) is 0 Å². The average molecular weight is 381 g/mol. The molecule has 0 saturated heterocycles. The Balaban J connectivity index is 1.38. The topological polar surface area (TPSA) is 58.2 Å². The molecule has 0 aromatic heterocycles. The van der Waals surface area contributed by atoms with E-state index >= 15 is 0 Å². The van der Waals surface area contributed by atoms with E-state index in [2.05, 4.69) is 28.8 Å². The minimum absolute atomic E-state index is 0.0614. The number of nitrogens with one attached hydrogen (secondary N) is 2. The zero-order chi connectivity index (χ0) is 18.8. The predicted molar refractivity (Wildman–Crippen MR) is 109 cm³/mol. The van der Waals surface area contributed by atoms with E-state index in [4.69, 9.17) is 0 Å². The molecule has 0 radical (unpaired) electrons. The summed E-state index contributed by atoms with van der Waals surface area (Å²) in [5, 5.41) is 5.56. The third-order valence-corrected chi connectivity index (χ3v) is 6.60. The molecule has 0 spiro atoms. The van der Waals surface area contributed by atoms with Gasteiger partial charge in [-0.3, -0.25) is 9.59 Å². The number of fused-ring (bicyclic) bond motifs is 2. The lowest BCUT2D eigenvalue weighted by Gasteiger charge is -2.24. The Labute approximate surface area is 164 Å². The molecule has 0 unspecified atom stereocenters. The first-order valence-electron chi connectivity index (χ1n) is 9.58. The summed E-state index contributed by atoms with van der Waals surface area (Å²) in [7, 11) is 0. The molecule has 0 saturated carbocycles. The van der Waals surface area contributed by atoms with Crippen LogP contribution in [-0.2, 0) is 22.4 Å². The second-order valence-corrected chi connectivity index (χ2v) is 8.57. The quantitative estimate of drug-likeness (QED) is 0.834. The highest BCUT2D eigenvalue weighted by Crippen LogP contribution is 2.36. The van der Waals surface area contributed by atoms with Crippen molar-refractivity contribution in [1.82, 2.24) is 5.32 Å². The van der Waals surface area contributed by atoms with E-state index in [0.29, 0.717) is 0 Å². The Morgan fingerprint density at radius 3 is 2.81 bits per heavy atom. The molecule has 5 heteroatoms.